The number of hydrogen-bond donors (Lipinski definition) is 1. The molecule has 1 aliphatic heterocycles. The summed E-state index contributed by atoms with van der Waals surface area (Å²) in [6.07, 6.45) is 0.895. The highest BCUT2D eigenvalue weighted by atomic mass is 32.1. The van der Waals surface area contributed by atoms with Crippen molar-refractivity contribution >= 4 is 23.2 Å². The van der Waals surface area contributed by atoms with Gasteiger partial charge in [-0.05, 0) is 41.1 Å². The van der Waals surface area contributed by atoms with Gasteiger partial charge in [-0.15, -0.1) is 11.3 Å². The lowest BCUT2D eigenvalue weighted by Gasteiger charge is -2.36. The maximum Gasteiger partial charge on any atom is 0.254 e. The molecule has 4 nitrogen and oxygen atoms in total. The Kier molecular flexibility index (Phi) is 5.90. The minimum atomic E-state index is -0.927. The van der Waals surface area contributed by atoms with Crippen molar-refractivity contribution in [3.8, 4) is 0 Å². The lowest BCUT2D eigenvalue weighted by atomic mass is 9.93. The highest BCUT2D eigenvalue weighted by Crippen LogP contribution is 2.37. The first-order valence-corrected chi connectivity index (χ1v) is 10.6. The van der Waals surface area contributed by atoms with Crippen molar-refractivity contribution in [1.29, 1.82) is 0 Å². The van der Waals surface area contributed by atoms with Crippen molar-refractivity contribution in [2.75, 3.05) is 13.1 Å². The van der Waals surface area contributed by atoms with E-state index in [0.717, 1.165) is 29.7 Å². The summed E-state index contributed by atoms with van der Waals surface area (Å²) in [6.45, 7) is 0.676. The number of benzene rings is 2. The van der Waals surface area contributed by atoms with Crippen LogP contribution in [-0.2, 0) is 11.2 Å². The number of hydrogen-bond acceptors (Lipinski definition) is 3. The number of thiophene rings is 1. The van der Waals surface area contributed by atoms with Gasteiger partial charge in [-0.3, -0.25) is 9.59 Å². The second-order valence-electron chi connectivity index (χ2n) is 7.08. The number of carbonyl (C=O) groups is 2. The third-order valence-corrected chi connectivity index (χ3v) is 6.20. The number of carbonyl (C=O) groups excluding carboxylic acids is 2. The Bertz CT molecular complexity index is 1070. The van der Waals surface area contributed by atoms with Crippen LogP contribution in [0, 0.1) is 11.6 Å². The van der Waals surface area contributed by atoms with Gasteiger partial charge in [-0.25, -0.2) is 8.78 Å². The summed E-state index contributed by atoms with van der Waals surface area (Å²) in [4.78, 5) is 28.3. The number of rotatable bonds is 5. The molecular formula is C23H20F2N2O2S. The Morgan fingerprint density at radius 2 is 1.90 bits per heavy atom. The molecule has 0 saturated carbocycles. The Labute approximate surface area is 177 Å². The molecule has 0 spiro atoms. The van der Waals surface area contributed by atoms with E-state index in [0.29, 0.717) is 12.6 Å². The molecule has 0 aliphatic carbocycles. The minimum Gasteiger partial charge on any atom is -0.351 e. The Morgan fingerprint density at radius 3 is 2.67 bits per heavy atom. The monoisotopic (exact) mass is 426 g/mol. The van der Waals surface area contributed by atoms with Gasteiger partial charge in [0.15, 0.2) is 0 Å². The van der Waals surface area contributed by atoms with Gasteiger partial charge in [0.1, 0.15) is 11.6 Å². The normalized spacial score (nSPS) is 15.5. The molecule has 1 aromatic heterocycles. The van der Waals surface area contributed by atoms with Gasteiger partial charge in [0.25, 0.3) is 5.91 Å². The van der Waals surface area contributed by atoms with E-state index in [4.69, 9.17) is 0 Å². The van der Waals surface area contributed by atoms with Crippen LogP contribution in [0.4, 0.5) is 8.78 Å². The fourth-order valence-corrected chi connectivity index (χ4v) is 4.68. The van der Waals surface area contributed by atoms with E-state index in [1.54, 1.807) is 11.3 Å². The summed E-state index contributed by atoms with van der Waals surface area (Å²) in [5, 5.41) is 4.60. The summed E-state index contributed by atoms with van der Waals surface area (Å²) >= 11 is 1.70. The molecule has 154 valence electrons. The van der Waals surface area contributed by atoms with Gasteiger partial charge in [-0.2, -0.15) is 0 Å². The van der Waals surface area contributed by atoms with Gasteiger partial charge < -0.3 is 10.2 Å². The molecular weight excluding hydrogens is 406 g/mol. The first-order valence-electron chi connectivity index (χ1n) is 9.68. The molecule has 3 aromatic rings. The molecule has 0 fully saturated rings. The van der Waals surface area contributed by atoms with Crippen molar-refractivity contribution in [3.05, 3.63) is 93.2 Å². The molecule has 1 atom stereocenters. The predicted octanol–water partition coefficient (Wildman–Crippen LogP) is 4.32. The van der Waals surface area contributed by atoms with Gasteiger partial charge in [0.05, 0.1) is 11.6 Å². The van der Waals surface area contributed by atoms with E-state index in [1.165, 1.54) is 4.88 Å². The number of fused-ring (bicyclic) bond motifs is 1. The van der Waals surface area contributed by atoms with E-state index >= 15 is 0 Å². The summed E-state index contributed by atoms with van der Waals surface area (Å²) in [5.41, 5.74) is 1.94. The molecule has 0 unspecified atom stereocenters. The van der Waals surface area contributed by atoms with Crippen molar-refractivity contribution in [3.63, 3.8) is 0 Å². The largest absolute Gasteiger partial charge is 0.351 e. The third-order valence-electron chi connectivity index (χ3n) is 5.20. The van der Waals surface area contributed by atoms with E-state index in [9.17, 15) is 18.4 Å². The van der Waals surface area contributed by atoms with E-state index in [2.05, 4.69) is 11.4 Å². The second kappa shape index (κ2) is 8.75. The molecule has 0 radical (unpaired) electrons. The van der Waals surface area contributed by atoms with Crippen molar-refractivity contribution in [2.45, 2.75) is 18.9 Å². The number of halogens is 2. The molecule has 2 aromatic carbocycles. The van der Waals surface area contributed by atoms with E-state index in [1.807, 2.05) is 40.6 Å². The van der Waals surface area contributed by atoms with Crippen LogP contribution in [0.15, 0.2) is 60.0 Å². The number of amides is 2. The van der Waals surface area contributed by atoms with Gasteiger partial charge in [0.2, 0.25) is 5.91 Å². The predicted molar refractivity (Wildman–Crippen MR) is 111 cm³/mol. The molecule has 1 N–H and O–H groups in total. The SMILES string of the molecule is O=C(NCCC(=O)N1CCc2sccc2[C@@H]1c1ccccc1)c1ccc(F)cc1F. The highest BCUT2D eigenvalue weighted by molar-refractivity contribution is 7.10. The van der Waals surface area contributed by atoms with Crippen LogP contribution >= 0.6 is 11.3 Å². The average molecular weight is 426 g/mol. The average Bonchev–Trinajstić information content (AvgIpc) is 3.22. The first-order chi connectivity index (χ1) is 14.5. The van der Waals surface area contributed by atoms with Crippen molar-refractivity contribution in [2.24, 2.45) is 0 Å². The first kappa shape index (κ1) is 20.2. The zero-order valence-electron chi connectivity index (χ0n) is 16.1. The summed E-state index contributed by atoms with van der Waals surface area (Å²) < 4.78 is 26.8. The maximum absolute atomic E-state index is 13.8. The Hall–Kier alpha value is -3.06. The fraction of sp³-hybridized carbons (Fsp3) is 0.217. The van der Waals surface area contributed by atoms with Crippen LogP contribution in [-0.4, -0.2) is 29.8 Å². The molecule has 1 aliphatic rings. The van der Waals surface area contributed by atoms with Gasteiger partial charge in [-0.1, -0.05) is 30.3 Å². The van der Waals surface area contributed by atoms with Crippen molar-refractivity contribution in [1.82, 2.24) is 10.2 Å². The topological polar surface area (TPSA) is 49.4 Å². The fourth-order valence-electron chi connectivity index (χ4n) is 3.78. The number of nitrogens with zero attached hydrogens (tertiary/aromatic N) is 1. The van der Waals surface area contributed by atoms with Gasteiger partial charge >= 0.3 is 0 Å². The second-order valence-corrected chi connectivity index (χ2v) is 8.08. The zero-order valence-corrected chi connectivity index (χ0v) is 16.9. The lowest BCUT2D eigenvalue weighted by Crippen LogP contribution is -2.41. The van der Waals surface area contributed by atoms with E-state index < -0.39 is 17.5 Å². The molecule has 0 saturated heterocycles. The van der Waals surface area contributed by atoms with Crippen LogP contribution in [0.5, 0.6) is 0 Å². The van der Waals surface area contributed by atoms with Crippen molar-refractivity contribution < 1.29 is 18.4 Å². The summed E-state index contributed by atoms with van der Waals surface area (Å²) in [7, 11) is 0. The summed E-state index contributed by atoms with van der Waals surface area (Å²) in [5.74, 6) is -2.42. The van der Waals surface area contributed by atoms with E-state index in [-0.39, 0.29) is 30.5 Å². The van der Waals surface area contributed by atoms with Crippen LogP contribution in [0.25, 0.3) is 0 Å². The molecule has 7 heteroatoms. The standard InChI is InChI=1S/C23H20F2N2O2S/c24-16-6-7-17(19(25)14-16)23(29)26-11-8-21(28)27-12-9-20-18(10-13-30-20)22(27)15-4-2-1-3-5-15/h1-7,10,13-14,22H,8-9,11-12H2,(H,26,29)/t22-/m0/s1. The highest BCUT2D eigenvalue weighted by Gasteiger charge is 2.32. The maximum atomic E-state index is 13.8. The molecule has 30 heavy (non-hydrogen) atoms. The van der Waals surface area contributed by atoms with Gasteiger partial charge in [0, 0.05) is 30.5 Å². The minimum absolute atomic E-state index is 0.0724. The molecule has 0 bridgehead atoms. The molecule has 4 rings (SSSR count). The zero-order chi connectivity index (χ0) is 21.1. The smallest absolute Gasteiger partial charge is 0.254 e. The quantitative estimate of drug-likeness (QED) is 0.661. The van der Waals surface area contributed by atoms with Crippen LogP contribution in [0.1, 0.15) is 38.8 Å². The summed E-state index contributed by atoms with van der Waals surface area (Å²) in [6, 6.07) is 14.6. The Balaban J connectivity index is 1.44. The lowest BCUT2D eigenvalue weighted by molar-refractivity contribution is -0.133. The third kappa shape index (κ3) is 4.11. The molecule has 2 amide bonds. The van der Waals surface area contributed by atoms with Crippen LogP contribution < -0.4 is 5.32 Å². The van der Waals surface area contributed by atoms with Crippen LogP contribution in [0.2, 0.25) is 0 Å². The van der Waals surface area contributed by atoms with Crippen LogP contribution in [0.3, 0.4) is 0 Å². The molecule has 2 heterocycles. The Morgan fingerprint density at radius 1 is 1.10 bits per heavy atom. The number of nitrogens with one attached hydrogen (secondary N) is 1.